The quantitative estimate of drug-likeness (QED) is 0.727. The average Bonchev–Trinajstić information content (AvgIpc) is 2.48. The van der Waals surface area contributed by atoms with Crippen molar-refractivity contribution in [2.24, 2.45) is 5.73 Å². The number of carbonyl (C=O) groups excluding carboxylic acids is 1. The van der Waals surface area contributed by atoms with Crippen LogP contribution >= 0.6 is 11.8 Å². The number of aromatic nitrogens is 2. The van der Waals surface area contributed by atoms with Crippen molar-refractivity contribution in [3.63, 3.8) is 0 Å². The van der Waals surface area contributed by atoms with Crippen molar-refractivity contribution in [2.75, 3.05) is 5.75 Å². The van der Waals surface area contributed by atoms with E-state index in [2.05, 4.69) is 10.2 Å². The molecule has 1 rings (SSSR count). The maximum atomic E-state index is 10.4. The number of hydrogen-bond donors (Lipinski definition) is 1. The van der Waals surface area contributed by atoms with Crippen LogP contribution in [0.1, 0.15) is 25.7 Å². The Kier molecular flexibility index (Phi) is 3.30. The zero-order chi connectivity index (χ0) is 9.84. The van der Waals surface area contributed by atoms with Crippen LogP contribution in [0.4, 0.5) is 0 Å². The Labute approximate surface area is 80.1 Å². The highest BCUT2D eigenvalue weighted by Crippen LogP contribution is 2.19. The maximum Gasteiger partial charge on any atom is 0.277 e. The Balaban J connectivity index is 2.54. The van der Waals surface area contributed by atoms with E-state index in [0.29, 0.717) is 11.1 Å². The number of thioether (sulfide) groups is 1. The van der Waals surface area contributed by atoms with Gasteiger partial charge in [0.05, 0.1) is 5.75 Å². The van der Waals surface area contributed by atoms with Gasteiger partial charge in [-0.3, -0.25) is 4.79 Å². The highest BCUT2D eigenvalue weighted by molar-refractivity contribution is 7.99. The zero-order valence-electron chi connectivity index (χ0n) is 7.48. The van der Waals surface area contributed by atoms with Crippen molar-refractivity contribution in [1.29, 1.82) is 0 Å². The molecule has 0 aliphatic rings. The van der Waals surface area contributed by atoms with E-state index in [9.17, 15) is 4.79 Å². The minimum absolute atomic E-state index is 0.166. The van der Waals surface area contributed by atoms with Crippen LogP contribution in [-0.2, 0) is 4.79 Å². The van der Waals surface area contributed by atoms with Crippen LogP contribution in [0, 0.1) is 0 Å². The van der Waals surface area contributed by atoms with Crippen molar-refractivity contribution in [3.05, 3.63) is 5.89 Å². The Morgan fingerprint density at radius 3 is 2.77 bits per heavy atom. The predicted octanol–water partition coefficient (Wildman–Crippen LogP) is 0.770. The molecular weight excluding hydrogens is 190 g/mol. The van der Waals surface area contributed by atoms with Gasteiger partial charge in [0, 0.05) is 5.92 Å². The number of nitrogens with zero attached hydrogens (tertiary/aromatic N) is 2. The van der Waals surface area contributed by atoms with Crippen LogP contribution in [0.2, 0.25) is 0 Å². The molecule has 1 aromatic heterocycles. The summed E-state index contributed by atoms with van der Waals surface area (Å²) in [4.78, 5) is 10.4. The van der Waals surface area contributed by atoms with Gasteiger partial charge in [-0.05, 0) is 0 Å². The molecule has 0 fully saturated rings. The lowest BCUT2D eigenvalue weighted by atomic mass is 10.2. The highest BCUT2D eigenvalue weighted by Gasteiger charge is 2.10. The molecule has 0 aliphatic heterocycles. The minimum Gasteiger partial charge on any atom is -0.416 e. The number of rotatable bonds is 4. The Bertz CT molecular complexity index is 298. The summed E-state index contributed by atoms with van der Waals surface area (Å²) in [6, 6.07) is 0. The van der Waals surface area contributed by atoms with Gasteiger partial charge in [0.1, 0.15) is 0 Å². The summed E-state index contributed by atoms with van der Waals surface area (Å²) < 4.78 is 5.23. The van der Waals surface area contributed by atoms with Crippen LogP contribution in [0.15, 0.2) is 9.64 Å². The average molecular weight is 201 g/mol. The fourth-order valence-corrected chi connectivity index (χ4v) is 1.15. The van der Waals surface area contributed by atoms with E-state index in [0.717, 1.165) is 11.8 Å². The van der Waals surface area contributed by atoms with Crippen LogP contribution in [0.3, 0.4) is 0 Å². The molecule has 0 aromatic carbocycles. The molecule has 72 valence electrons. The van der Waals surface area contributed by atoms with Gasteiger partial charge in [0.25, 0.3) is 5.22 Å². The molecule has 1 heterocycles. The van der Waals surface area contributed by atoms with Crippen molar-refractivity contribution < 1.29 is 9.21 Å². The van der Waals surface area contributed by atoms with Gasteiger partial charge in [0.2, 0.25) is 11.8 Å². The second kappa shape index (κ2) is 4.27. The number of carbonyl (C=O) groups is 1. The number of hydrogen-bond acceptors (Lipinski definition) is 5. The number of amides is 1. The molecule has 0 bridgehead atoms. The van der Waals surface area contributed by atoms with E-state index in [-0.39, 0.29) is 11.7 Å². The molecular formula is C7H11N3O2S. The zero-order valence-corrected chi connectivity index (χ0v) is 8.30. The number of nitrogens with two attached hydrogens (primary N) is 1. The molecule has 0 radical (unpaired) electrons. The topological polar surface area (TPSA) is 82.0 Å². The van der Waals surface area contributed by atoms with E-state index in [4.69, 9.17) is 10.2 Å². The largest absolute Gasteiger partial charge is 0.416 e. The van der Waals surface area contributed by atoms with Gasteiger partial charge in [0.15, 0.2) is 0 Å². The first-order valence-corrected chi connectivity index (χ1v) is 4.82. The van der Waals surface area contributed by atoms with Crippen LogP contribution < -0.4 is 5.73 Å². The molecule has 0 aliphatic carbocycles. The summed E-state index contributed by atoms with van der Waals surface area (Å²) >= 11 is 1.15. The third-order valence-electron chi connectivity index (χ3n) is 1.25. The maximum absolute atomic E-state index is 10.4. The molecule has 0 unspecified atom stereocenters. The van der Waals surface area contributed by atoms with Crippen molar-refractivity contribution in [2.45, 2.75) is 25.0 Å². The molecule has 0 spiro atoms. The molecule has 5 nitrogen and oxygen atoms in total. The van der Waals surface area contributed by atoms with Gasteiger partial charge in [-0.2, -0.15) is 0 Å². The lowest BCUT2D eigenvalue weighted by molar-refractivity contribution is -0.115. The Morgan fingerprint density at radius 1 is 1.62 bits per heavy atom. The lowest BCUT2D eigenvalue weighted by Crippen LogP contribution is -2.12. The summed E-state index contributed by atoms with van der Waals surface area (Å²) in [5.74, 6) is 0.552. The van der Waals surface area contributed by atoms with Crippen LogP contribution in [-0.4, -0.2) is 21.9 Å². The van der Waals surface area contributed by atoms with E-state index in [1.54, 1.807) is 0 Å². The molecule has 2 N–H and O–H groups in total. The van der Waals surface area contributed by atoms with Crippen molar-refractivity contribution in [1.82, 2.24) is 10.2 Å². The summed E-state index contributed by atoms with van der Waals surface area (Å²) in [5.41, 5.74) is 4.96. The van der Waals surface area contributed by atoms with E-state index >= 15 is 0 Å². The fraction of sp³-hybridized carbons (Fsp3) is 0.571. The second-order valence-electron chi connectivity index (χ2n) is 2.82. The van der Waals surface area contributed by atoms with Gasteiger partial charge in [-0.15, -0.1) is 10.2 Å². The SMILES string of the molecule is CC(C)c1nnc(SCC(N)=O)o1. The number of primary amides is 1. The van der Waals surface area contributed by atoms with Crippen molar-refractivity contribution in [3.8, 4) is 0 Å². The van der Waals surface area contributed by atoms with E-state index in [1.807, 2.05) is 13.8 Å². The first-order valence-electron chi connectivity index (χ1n) is 3.84. The third-order valence-corrected chi connectivity index (χ3v) is 2.09. The highest BCUT2D eigenvalue weighted by atomic mass is 32.2. The van der Waals surface area contributed by atoms with E-state index in [1.165, 1.54) is 0 Å². The molecule has 0 saturated carbocycles. The monoisotopic (exact) mass is 201 g/mol. The minimum atomic E-state index is -0.394. The van der Waals surface area contributed by atoms with Gasteiger partial charge < -0.3 is 10.2 Å². The summed E-state index contributed by atoms with van der Waals surface area (Å²) in [6.45, 7) is 3.91. The van der Waals surface area contributed by atoms with Gasteiger partial charge in [-0.25, -0.2) is 0 Å². The second-order valence-corrected chi connectivity index (χ2v) is 3.74. The van der Waals surface area contributed by atoms with Crippen LogP contribution in [0.5, 0.6) is 0 Å². The molecule has 13 heavy (non-hydrogen) atoms. The van der Waals surface area contributed by atoms with Crippen molar-refractivity contribution >= 4 is 17.7 Å². The first-order chi connectivity index (χ1) is 6.09. The molecule has 0 atom stereocenters. The van der Waals surface area contributed by atoms with E-state index < -0.39 is 5.91 Å². The molecule has 1 amide bonds. The molecule has 6 heteroatoms. The molecule has 0 saturated heterocycles. The summed E-state index contributed by atoms with van der Waals surface area (Å²) in [5, 5.41) is 7.94. The van der Waals surface area contributed by atoms with Gasteiger partial charge in [-0.1, -0.05) is 25.6 Å². The Morgan fingerprint density at radius 2 is 2.31 bits per heavy atom. The fourth-order valence-electron chi connectivity index (χ4n) is 0.645. The normalized spacial score (nSPS) is 10.7. The molecule has 1 aromatic rings. The third kappa shape index (κ3) is 3.06. The summed E-state index contributed by atoms with van der Waals surface area (Å²) in [7, 11) is 0. The smallest absolute Gasteiger partial charge is 0.277 e. The summed E-state index contributed by atoms with van der Waals surface area (Å²) in [6.07, 6.45) is 0. The van der Waals surface area contributed by atoms with Gasteiger partial charge >= 0.3 is 0 Å². The Hall–Kier alpha value is -1.04. The first kappa shape index (κ1) is 10.0. The van der Waals surface area contributed by atoms with Crippen LogP contribution in [0.25, 0.3) is 0 Å². The predicted molar refractivity (Wildman–Crippen MR) is 48.3 cm³/mol. The lowest BCUT2D eigenvalue weighted by Gasteiger charge is -1.93. The standard InChI is InChI=1S/C7H11N3O2S/c1-4(2)6-9-10-7(12-6)13-3-5(8)11/h4H,3H2,1-2H3,(H2,8,11).